The molecule has 1 aromatic rings. The Balaban J connectivity index is 2.27. The Bertz CT molecular complexity index is 559. The average Bonchev–Trinajstić information content (AvgIpc) is 2.75. The van der Waals surface area contributed by atoms with Gasteiger partial charge in [-0.2, -0.15) is 13.2 Å². The number of carboxylic acid groups (broad SMARTS) is 1. The number of piperidine rings is 1. The fourth-order valence-electron chi connectivity index (χ4n) is 3.05. The van der Waals surface area contributed by atoms with Crippen LogP contribution in [0.1, 0.15) is 42.3 Å². The number of halogens is 3. The molecule has 1 saturated heterocycles. The summed E-state index contributed by atoms with van der Waals surface area (Å²) in [6.45, 7) is 5.34. The summed E-state index contributed by atoms with van der Waals surface area (Å²) in [6, 6.07) is -0.251. The molecular formula is C14H19F3N2O2S. The summed E-state index contributed by atoms with van der Waals surface area (Å²) in [7, 11) is 0. The predicted molar refractivity (Wildman–Crippen MR) is 76.7 cm³/mol. The molecule has 1 N–H and O–H groups in total. The highest BCUT2D eigenvalue weighted by atomic mass is 32.1. The Hall–Kier alpha value is -1.15. The molecule has 1 aliphatic heterocycles. The van der Waals surface area contributed by atoms with E-state index in [1.54, 1.807) is 13.8 Å². The Morgan fingerprint density at radius 2 is 2.05 bits per heavy atom. The minimum absolute atomic E-state index is 0.0501. The van der Waals surface area contributed by atoms with E-state index in [0.29, 0.717) is 17.8 Å². The molecule has 1 fully saturated rings. The van der Waals surface area contributed by atoms with Crippen molar-refractivity contribution >= 4 is 17.3 Å². The van der Waals surface area contributed by atoms with Gasteiger partial charge in [-0.1, -0.05) is 0 Å². The second-order valence-electron chi connectivity index (χ2n) is 5.79. The highest BCUT2D eigenvalue weighted by molar-refractivity contribution is 7.11. The summed E-state index contributed by atoms with van der Waals surface area (Å²) in [5.74, 6) is -1.43. The third-order valence-corrected chi connectivity index (χ3v) is 5.24. The molecule has 0 bridgehead atoms. The number of thiazole rings is 1. The quantitative estimate of drug-likeness (QED) is 0.917. The molecule has 0 aliphatic carbocycles. The molecule has 0 aromatic carbocycles. The van der Waals surface area contributed by atoms with E-state index in [1.165, 1.54) is 0 Å². The highest BCUT2D eigenvalue weighted by Crippen LogP contribution is 2.37. The van der Waals surface area contributed by atoms with E-state index in [-0.39, 0.29) is 23.5 Å². The van der Waals surface area contributed by atoms with Crippen molar-refractivity contribution in [2.45, 2.75) is 58.4 Å². The van der Waals surface area contributed by atoms with Crippen LogP contribution in [0.2, 0.25) is 0 Å². The molecule has 0 unspecified atom stereocenters. The van der Waals surface area contributed by atoms with Crippen molar-refractivity contribution in [3.8, 4) is 0 Å². The number of aliphatic carboxylic acids is 1. The van der Waals surface area contributed by atoms with Crippen LogP contribution >= 0.6 is 11.3 Å². The van der Waals surface area contributed by atoms with Crippen LogP contribution < -0.4 is 0 Å². The number of hydrogen-bond acceptors (Lipinski definition) is 4. The van der Waals surface area contributed by atoms with Crippen LogP contribution in [0.5, 0.6) is 0 Å². The smallest absolute Gasteiger partial charge is 0.434 e. The Labute approximate surface area is 131 Å². The zero-order valence-electron chi connectivity index (χ0n) is 12.6. The lowest BCUT2D eigenvalue weighted by molar-refractivity contribution is -0.147. The maximum Gasteiger partial charge on any atom is 0.434 e. The molecule has 0 saturated carbocycles. The lowest BCUT2D eigenvalue weighted by Gasteiger charge is -2.42. The van der Waals surface area contributed by atoms with Gasteiger partial charge in [-0.3, -0.25) is 9.69 Å². The molecule has 124 valence electrons. The van der Waals surface area contributed by atoms with E-state index >= 15 is 0 Å². The molecule has 0 spiro atoms. The molecular weight excluding hydrogens is 317 g/mol. The second kappa shape index (κ2) is 6.16. The minimum atomic E-state index is -4.48. The van der Waals surface area contributed by atoms with Gasteiger partial charge in [0.15, 0.2) is 5.69 Å². The van der Waals surface area contributed by atoms with E-state index in [0.717, 1.165) is 11.3 Å². The Kier molecular flexibility index (Phi) is 4.81. The van der Waals surface area contributed by atoms with Gasteiger partial charge in [-0.15, -0.1) is 11.3 Å². The third-order valence-electron chi connectivity index (χ3n) is 4.28. The monoisotopic (exact) mass is 336 g/mol. The van der Waals surface area contributed by atoms with Crippen LogP contribution in [0.4, 0.5) is 13.2 Å². The molecule has 2 rings (SSSR count). The zero-order valence-corrected chi connectivity index (χ0v) is 13.5. The number of rotatable bonds is 3. The maximum absolute atomic E-state index is 13.0. The van der Waals surface area contributed by atoms with Gasteiger partial charge in [0.25, 0.3) is 0 Å². The number of likely N-dealkylation sites (tertiary alicyclic amines) is 1. The van der Waals surface area contributed by atoms with Gasteiger partial charge in [-0.25, -0.2) is 4.98 Å². The van der Waals surface area contributed by atoms with Crippen LogP contribution in [-0.4, -0.2) is 33.0 Å². The van der Waals surface area contributed by atoms with Gasteiger partial charge in [0, 0.05) is 18.6 Å². The predicted octanol–water partition coefficient (Wildman–Crippen LogP) is 3.54. The molecule has 1 aromatic heterocycles. The van der Waals surface area contributed by atoms with Gasteiger partial charge >= 0.3 is 12.1 Å². The summed E-state index contributed by atoms with van der Waals surface area (Å²) >= 11 is 1.03. The van der Waals surface area contributed by atoms with E-state index < -0.39 is 23.8 Å². The van der Waals surface area contributed by atoms with Gasteiger partial charge < -0.3 is 5.11 Å². The van der Waals surface area contributed by atoms with Crippen molar-refractivity contribution < 1.29 is 23.1 Å². The zero-order chi connectivity index (χ0) is 16.7. The Morgan fingerprint density at radius 3 is 2.59 bits per heavy atom. The van der Waals surface area contributed by atoms with Crippen molar-refractivity contribution in [3.05, 3.63) is 15.6 Å². The molecule has 8 heteroatoms. The molecule has 4 nitrogen and oxygen atoms in total. The number of nitrogens with zero attached hydrogens (tertiary/aromatic N) is 2. The van der Waals surface area contributed by atoms with Crippen LogP contribution in [0.3, 0.4) is 0 Å². The fraction of sp³-hybridized carbons (Fsp3) is 0.714. The van der Waals surface area contributed by atoms with Crippen molar-refractivity contribution in [2.75, 3.05) is 0 Å². The number of aromatic nitrogens is 1. The summed E-state index contributed by atoms with van der Waals surface area (Å²) < 4.78 is 39.1. The summed E-state index contributed by atoms with van der Waals surface area (Å²) in [6.07, 6.45) is -3.25. The van der Waals surface area contributed by atoms with E-state index in [1.807, 2.05) is 11.8 Å². The fourth-order valence-corrected chi connectivity index (χ4v) is 4.02. The number of carboxylic acids is 1. The number of hydrogen-bond donors (Lipinski definition) is 1. The van der Waals surface area contributed by atoms with E-state index in [9.17, 15) is 23.1 Å². The van der Waals surface area contributed by atoms with Crippen LogP contribution in [0, 0.1) is 12.8 Å². The van der Waals surface area contributed by atoms with Gasteiger partial charge in [0.05, 0.1) is 15.8 Å². The first-order chi connectivity index (χ1) is 10.1. The molecule has 2 heterocycles. The van der Waals surface area contributed by atoms with E-state index in [2.05, 4.69) is 4.98 Å². The third kappa shape index (κ3) is 3.43. The summed E-state index contributed by atoms with van der Waals surface area (Å²) in [5.41, 5.74) is -0.841. The number of carbonyl (C=O) groups is 1. The van der Waals surface area contributed by atoms with Crippen LogP contribution in [-0.2, 0) is 17.5 Å². The highest BCUT2D eigenvalue weighted by Gasteiger charge is 2.40. The normalized spacial score (nSPS) is 27.1. The van der Waals surface area contributed by atoms with Crippen molar-refractivity contribution in [3.63, 3.8) is 0 Å². The van der Waals surface area contributed by atoms with Crippen LogP contribution in [0.25, 0.3) is 0 Å². The largest absolute Gasteiger partial charge is 0.481 e. The second-order valence-corrected chi connectivity index (χ2v) is 7.07. The summed E-state index contributed by atoms with van der Waals surface area (Å²) in [5, 5.41) is 9.62. The number of aryl methyl sites for hydroxylation is 1. The molecule has 1 aliphatic rings. The molecule has 0 radical (unpaired) electrons. The van der Waals surface area contributed by atoms with Crippen molar-refractivity contribution in [2.24, 2.45) is 5.92 Å². The first-order valence-electron chi connectivity index (χ1n) is 7.13. The lowest BCUT2D eigenvalue weighted by atomic mass is 9.86. The standard InChI is InChI=1S/C14H19F3N2O2S/c1-7-4-5-10(13(20)21)8(2)19(7)6-11-12(14(15,16)17)18-9(3)22-11/h7-8,10H,4-6H2,1-3H3,(H,20,21)/t7-,8+,10+/m1/s1. The van der Waals surface area contributed by atoms with E-state index in [4.69, 9.17) is 0 Å². The van der Waals surface area contributed by atoms with Gasteiger partial charge in [-0.05, 0) is 33.6 Å². The first kappa shape index (κ1) is 17.2. The molecule has 3 atom stereocenters. The SMILES string of the molecule is Cc1nc(C(F)(F)F)c(CN2[C@H](C)CC[C@H](C(=O)O)[C@@H]2C)s1. The first-order valence-corrected chi connectivity index (χ1v) is 7.95. The van der Waals surface area contributed by atoms with Crippen molar-refractivity contribution in [1.82, 2.24) is 9.88 Å². The van der Waals surface area contributed by atoms with Crippen LogP contribution in [0.15, 0.2) is 0 Å². The van der Waals surface area contributed by atoms with Crippen molar-refractivity contribution in [1.29, 1.82) is 0 Å². The maximum atomic E-state index is 13.0. The average molecular weight is 336 g/mol. The molecule has 0 amide bonds. The lowest BCUT2D eigenvalue weighted by Crippen LogP contribution is -2.50. The summed E-state index contributed by atoms with van der Waals surface area (Å²) in [4.78, 5) is 16.9. The topological polar surface area (TPSA) is 53.4 Å². The van der Waals surface area contributed by atoms with Gasteiger partial charge in [0.2, 0.25) is 0 Å². The molecule has 22 heavy (non-hydrogen) atoms. The number of alkyl halides is 3. The van der Waals surface area contributed by atoms with Gasteiger partial charge in [0.1, 0.15) is 0 Å². The Morgan fingerprint density at radius 1 is 1.41 bits per heavy atom. The minimum Gasteiger partial charge on any atom is -0.481 e.